The summed E-state index contributed by atoms with van der Waals surface area (Å²) >= 11 is 0. The molecule has 2 atom stereocenters. The van der Waals surface area contributed by atoms with E-state index in [0.29, 0.717) is 58.0 Å². The number of hydrogen-bond acceptors (Lipinski definition) is 10. The molecule has 1 rings (SSSR count). The number of rotatable bonds is 25. The molecule has 1 aromatic rings. The molecule has 0 heterocycles. The number of esters is 1. The fourth-order valence-corrected chi connectivity index (χ4v) is 3.75. The van der Waals surface area contributed by atoms with Crippen LogP contribution in [-0.4, -0.2) is 101 Å². The van der Waals surface area contributed by atoms with Gasteiger partial charge in [-0.2, -0.15) is 0 Å². The Balaban J connectivity index is 2.24. The molecule has 13 nitrogen and oxygen atoms in total. The molecule has 0 aromatic heterocycles. The quantitative estimate of drug-likeness (QED) is 0.0912. The highest BCUT2D eigenvalue weighted by molar-refractivity contribution is 5.98. The largest absolute Gasteiger partial charge is 0.461 e. The Labute approximate surface area is 274 Å². The molecule has 0 aliphatic carbocycles. The van der Waals surface area contributed by atoms with Gasteiger partial charge in [-0.15, -0.1) is 0 Å². The molecule has 3 amide bonds. The number of anilines is 1. The molecule has 0 aliphatic rings. The van der Waals surface area contributed by atoms with Gasteiger partial charge in [0.05, 0.1) is 58.8 Å². The first kappa shape index (κ1) is 40.9. The van der Waals surface area contributed by atoms with E-state index in [9.17, 15) is 19.2 Å². The third kappa shape index (κ3) is 19.4. The van der Waals surface area contributed by atoms with Crippen LogP contribution in [0.2, 0.25) is 0 Å². The summed E-state index contributed by atoms with van der Waals surface area (Å²) in [6, 6.07) is 5.65. The van der Waals surface area contributed by atoms with Crippen LogP contribution >= 0.6 is 0 Å². The van der Waals surface area contributed by atoms with Gasteiger partial charge in [-0.1, -0.05) is 53.7 Å². The zero-order valence-corrected chi connectivity index (χ0v) is 28.6. The minimum atomic E-state index is -0.850. The number of carbonyl (C=O) groups is 4. The zero-order valence-electron chi connectivity index (χ0n) is 28.6. The van der Waals surface area contributed by atoms with Crippen molar-refractivity contribution >= 4 is 29.4 Å². The van der Waals surface area contributed by atoms with E-state index in [-0.39, 0.29) is 43.3 Å². The van der Waals surface area contributed by atoms with Crippen LogP contribution in [0.15, 0.2) is 24.3 Å². The highest BCUT2D eigenvalue weighted by Gasteiger charge is 2.27. The highest BCUT2D eigenvalue weighted by atomic mass is 16.6. The lowest BCUT2D eigenvalue weighted by molar-refractivity contribution is -0.148. The summed E-state index contributed by atoms with van der Waals surface area (Å²) in [5.74, 6) is -1.90. The van der Waals surface area contributed by atoms with Crippen LogP contribution in [0.1, 0.15) is 60.5 Å². The number of amides is 3. The van der Waals surface area contributed by atoms with Crippen molar-refractivity contribution in [2.24, 2.45) is 11.8 Å². The molecule has 46 heavy (non-hydrogen) atoms. The summed E-state index contributed by atoms with van der Waals surface area (Å²) < 4.78 is 27.0. The van der Waals surface area contributed by atoms with Gasteiger partial charge in [0.1, 0.15) is 18.7 Å². The third-order valence-corrected chi connectivity index (χ3v) is 6.48. The van der Waals surface area contributed by atoms with E-state index in [2.05, 4.69) is 35.1 Å². The minimum Gasteiger partial charge on any atom is -0.461 e. The first-order valence-corrected chi connectivity index (χ1v) is 16.1. The molecule has 1 aromatic carbocycles. The van der Waals surface area contributed by atoms with Crippen molar-refractivity contribution in [1.82, 2.24) is 16.0 Å². The van der Waals surface area contributed by atoms with Crippen molar-refractivity contribution in [3.05, 3.63) is 29.8 Å². The van der Waals surface area contributed by atoms with E-state index in [1.807, 2.05) is 13.8 Å². The summed E-state index contributed by atoms with van der Waals surface area (Å²) in [6.45, 7) is 17.3. The lowest BCUT2D eigenvalue weighted by Crippen LogP contribution is -2.53. The molecule has 0 spiro atoms. The Morgan fingerprint density at radius 1 is 0.674 bits per heavy atom. The fourth-order valence-electron chi connectivity index (χ4n) is 3.75. The van der Waals surface area contributed by atoms with Crippen LogP contribution in [0, 0.1) is 11.8 Å². The van der Waals surface area contributed by atoms with Crippen molar-refractivity contribution < 1.29 is 42.9 Å². The molecule has 0 saturated carbocycles. The monoisotopic (exact) mass is 652 g/mol. The van der Waals surface area contributed by atoms with Crippen molar-refractivity contribution in [2.75, 3.05) is 64.7 Å². The van der Waals surface area contributed by atoms with Crippen molar-refractivity contribution in [1.29, 1.82) is 0 Å². The molecule has 0 radical (unpaired) electrons. The molecule has 0 saturated heterocycles. The van der Waals surface area contributed by atoms with Gasteiger partial charge in [-0.25, -0.2) is 0 Å². The van der Waals surface area contributed by atoms with E-state index >= 15 is 0 Å². The van der Waals surface area contributed by atoms with E-state index < -0.39 is 23.9 Å². The Hall–Kier alpha value is -3.10. The number of hydrogen-bond donors (Lipinski definition) is 4. The molecular formula is C33H56N4O9. The smallest absolute Gasteiger partial charge is 0.308 e. The predicted molar refractivity (Wildman–Crippen MR) is 175 cm³/mol. The summed E-state index contributed by atoms with van der Waals surface area (Å²) in [4.78, 5) is 49.7. The molecule has 4 N–H and O–H groups in total. The van der Waals surface area contributed by atoms with Crippen molar-refractivity contribution in [2.45, 2.75) is 79.6 Å². The number of carbonyl (C=O) groups excluding carboxylic acids is 4. The van der Waals surface area contributed by atoms with Crippen LogP contribution in [0.3, 0.4) is 0 Å². The van der Waals surface area contributed by atoms with Crippen LogP contribution in [0.4, 0.5) is 5.69 Å². The average molecular weight is 653 g/mol. The van der Waals surface area contributed by atoms with Gasteiger partial charge in [-0.05, 0) is 30.5 Å². The van der Waals surface area contributed by atoms with E-state index in [1.165, 1.54) is 0 Å². The first-order valence-electron chi connectivity index (χ1n) is 16.1. The maximum Gasteiger partial charge on any atom is 0.308 e. The van der Waals surface area contributed by atoms with Gasteiger partial charge in [0.2, 0.25) is 17.7 Å². The van der Waals surface area contributed by atoms with E-state index in [4.69, 9.17) is 23.7 Å². The summed E-state index contributed by atoms with van der Waals surface area (Å²) in [5, 5.41) is 11.4. The molecule has 13 heteroatoms. The molecule has 0 aliphatic heterocycles. The van der Waals surface area contributed by atoms with Gasteiger partial charge in [0.15, 0.2) is 0 Å². The lowest BCUT2D eigenvalue weighted by Gasteiger charge is -2.24. The molecular weight excluding hydrogens is 596 g/mol. The number of nitrogens with one attached hydrogen (secondary N) is 4. The second-order valence-corrected chi connectivity index (χ2v) is 11.8. The highest BCUT2D eigenvalue weighted by Crippen LogP contribution is 2.12. The van der Waals surface area contributed by atoms with Crippen LogP contribution in [0.25, 0.3) is 0 Å². The summed E-state index contributed by atoms with van der Waals surface area (Å²) in [7, 11) is 0. The van der Waals surface area contributed by atoms with Crippen LogP contribution < -0.4 is 21.3 Å². The minimum absolute atomic E-state index is 0.0784. The molecule has 262 valence electrons. The van der Waals surface area contributed by atoms with Gasteiger partial charge in [-0.3, -0.25) is 19.2 Å². The van der Waals surface area contributed by atoms with Gasteiger partial charge < -0.3 is 45.0 Å². The molecule has 0 unspecified atom stereocenters. The van der Waals surface area contributed by atoms with Crippen molar-refractivity contribution in [3.8, 4) is 0 Å². The molecule has 0 bridgehead atoms. The van der Waals surface area contributed by atoms with E-state index in [1.54, 1.807) is 45.0 Å². The summed E-state index contributed by atoms with van der Waals surface area (Å²) in [6.07, 6.45) is 0.0784. The van der Waals surface area contributed by atoms with Gasteiger partial charge in [0, 0.05) is 24.7 Å². The third-order valence-electron chi connectivity index (χ3n) is 6.48. The van der Waals surface area contributed by atoms with Crippen molar-refractivity contribution in [3.63, 3.8) is 0 Å². The van der Waals surface area contributed by atoms with Gasteiger partial charge in [0.25, 0.3) is 0 Å². The standard InChI is InChI=1S/C33H56N4O9/c1-23(2)30(37-29(38)12-14-42-16-18-44-20-21-45-19-17-43-15-13-34-25(5)6)32(40)35-26(7)31(39)36-28-10-8-27(9-11-28)22-46-33(41)24(3)4/h8-11,23-26,30,34H,12-22H2,1-7H3,(H,35,40)(H,36,39)(H,37,38)/t26-,30-/m0/s1. The Kier molecular flexibility index (Phi) is 21.5. The topological polar surface area (TPSA) is 163 Å². The SMILES string of the molecule is CC(C)NCCOCCOCCOCCOCCC(=O)N[C@H](C(=O)N[C@@H](C)C(=O)Nc1ccc(COC(=O)C(C)C)cc1)C(C)C. The fraction of sp³-hybridized carbons (Fsp3) is 0.697. The first-order chi connectivity index (χ1) is 21.9. The van der Waals surface area contributed by atoms with Gasteiger partial charge >= 0.3 is 5.97 Å². The predicted octanol–water partition coefficient (Wildman–Crippen LogP) is 2.42. The lowest BCUT2D eigenvalue weighted by atomic mass is 10.0. The summed E-state index contributed by atoms with van der Waals surface area (Å²) in [5.41, 5.74) is 1.32. The maximum atomic E-state index is 12.9. The zero-order chi connectivity index (χ0) is 34.3. The second-order valence-electron chi connectivity index (χ2n) is 11.8. The van der Waals surface area contributed by atoms with Crippen LogP contribution in [-0.2, 0) is 49.5 Å². The normalized spacial score (nSPS) is 12.7. The number of benzene rings is 1. The average Bonchev–Trinajstić information content (AvgIpc) is 3.00. The Morgan fingerprint density at radius 3 is 1.74 bits per heavy atom. The van der Waals surface area contributed by atoms with Crippen LogP contribution in [0.5, 0.6) is 0 Å². The maximum absolute atomic E-state index is 12.9. The second kappa shape index (κ2) is 24.1. The number of ether oxygens (including phenoxy) is 5. The molecule has 0 fully saturated rings. The van der Waals surface area contributed by atoms with E-state index in [0.717, 1.165) is 12.1 Å². The Morgan fingerprint density at radius 2 is 1.22 bits per heavy atom. The Bertz CT molecular complexity index is 1020.